The van der Waals surface area contributed by atoms with Gasteiger partial charge in [-0.05, 0) is 37.5 Å². The Morgan fingerprint density at radius 1 is 1.43 bits per heavy atom. The second-order valence-electron chi connectivity index (χ2n) is 6.72. The first-order valence-electron chi connectivity index (χ1n) is 8.15. The van der Waals surface area contributed by atoms with Crippen LogP contribution in [0.5, 0.6) is 0 Å². The van der Waals surface area contributed by atoms with E-state index in [1.165, 1.54) is 12.1 Å². The second-order valence-corrected chi connectivity index (χ2v) is 6.72. The Balaban J connectivity index is 1.78. The van der Waals surface area contributed by atoms with E-state index in [0.29, 0.717) is 13.2 Å². The van der Waals surface area contributed by atoms with Crippen LogP contribution >= 0.6 is 0 Å². The summed E-state index contributed by atoms with van der Waals surface area (Å²) < 4.78 is 24.1. The van der Waals surface area contributed by atoms with Crippen molar-refractivity contribution in [3.63, 3.8) is 0 Å². The zero-order valence-electron chi connectivity index (χ0n) is 14.1. The van der Waals surface area contributed by atoms with Crippen molar-refractivity contribution in [2.45, 2.75) is 51.2 Å². The average Bonchev–Trinajstić information content (AvgIpc) is 3.04. The van der Waals surface area contributed by atoms with Gasteiger partial charge in [0.1, 0.15) is 11.9 Å². The molecule has 2 rings (SSSR count). The Kier molecular flexibility index (Phi) is 6.13. The second kappa shape index (κ2) is 7.88. The van der Waals surface area contributed by atoms with Gasteiger partial charge in [0.15, 0.2) is 0 Å². The Bertz CT molecular complexity index is 510. The summed E-state index contributed by atoms with van der Waals surface area (Å²) in [6.45, 7) is 7.47. The first-order valence-corrected chi connectivity index (χ1v) is 8.15. The topological polar surface area (TPSA) is 47.6 Å². The normalized spacial score (nSPS) is 19.6. The monoisotopic (exact) mass is 323 g/mol. The van der Waals surface area contributed by atoms with E-state index >= 15 is 0 Å². The third-order valence-corrected chi connectivity index (χ3v) is 4.26. The molecule has 1 aromatic rings. The zero-order valence-corrected chi connectivity index (χ0v) is 14.1. The Labute approximate surface area is 137 Å². The van der Waals surface area contributed by atoms with E-state index < -0.39 is 6.10 Å². The molecule has 23 heavy (non-hydrogen) atoms. The SMILES string of the molecule is C[C@@H](OC[C@H]1CCCO1)C(=O)NCC(C)(C)c1ccc(F)cc1. The van der Waals surface area contributed by atoms with Crippen molar-refractivity contribution < 1.29 is 18.7 Å². The Morgan fingerprint density at radius 2 is 2.13 bits per heavy atom. The largest absolute Gasteiger partial charge is 0.376 e. The van der Waals surface area contributed by atoms with E-state index in [2.05, 4.69) is 5.32 Å². The fourth-order valence-corrected chi connectivity index (χ4v) is 2.56. The third-order valence-electron chi connectivity index (χ3n) is 4.26. The number of hydrogen-bond acceptors (Lipinski definition) is 3. The van der Waals surface area contributed by atoms with Gasteiger partial charge < -0.3 is 14.8 Å². The number of halogens is 1. The molecule has 2 atom stereocenters. The van der Waals surface area contributed by atoms with Crippen LogP contribution in [-0.4, -0.2) is 37.9 Å². The van der Waals surface area contributed by atoms with Crippen LogP contribution in [0, 0.1) is 5.82 Å². The zero-order chi connectivity index (χ0) is 16.9. The number of rotatable bonds is 7. The van der Waals surface area contributed by atoms with Crippen molar-refractivity contribution in [3.05, 3.63) is 35.6 Å². The molecule has 4 nitrogen and oxygen atoms in total. The van der Waals surface area contributed by atoms with Crippen LogP contribution in [0.3, 0.4) is 0 Å². The first-order chi connectivity index (χ1) is 10.9. The molecule has 1 fully saturated rings. The quantitative estimate of drug-likeness (QED) is 0.839. The van der Waals surface area contributed by atoms with Crippen LogP contribution < -0.4 is 5.32 Å². The van der Waals surface area contributed by atoms with Crippen LogP contribution in [0.15, 0.2) is 24.3 Å². The smallest absolute Gasteiger partial charge is 0.248 e. The van der Waals surface area contributed by atoms with Crippen LogP contribution in [-0.2, 0) is 19.7 Å². The fourth-order valence-electron chi connectivity index (χ4n) is 2.56. The highest BCUT2D eigenvalue weighted by atomic mass is 19.1. The lowest BCUT2D eigenvalue weighted by Gasteiger charge is -2.26. The maximum atomic E-state index is 13.0. The minimum absolute atomic E-state index is 0.112. The van der Waals surface area contributed by atoms with Crippen LogP contribution in [0.2, 0.25) is 0 Å². The lowest BCUT2D eigenvalue weighted by molar-refractivity contribution is -0.133. The summed E-state index contributed by atoms with van der Waals surface area (Å²) >= 11 is 0. The van der Waals surface area contributed by atoms with Gasteiger partial charge in [-0.3, -0.25) is 4.79 Å². The molecule has 1 aromatic carbocycles. The summed E-state index contributed by atoms with van der Waals surface area (Å²) in [6.07, 6.45) is 1.65. The minimum Gasteiger partial charge on any atom is -0.376 e. The molecule has 0 bridgehead atoms. The molecule has 0 unspecified atom stereocenters. The van der Waals surface area contributed by atoms with Crippen LogP contribution in [0.1, 0.15) is 39.2 Å². The van der Waals surface area contributed by atoms with E-state index in [-0.39, 0.29) is 23.2 Å². The van der Waals surface area contributed by atoms with Gasteiger partial charge in [-0.15, -0.1) is 0 Å². The molecule has 1 aliphatic rings. The van der Waals surface area contributed by atoms with Gasteiger partial charge >= 0.3 is 0 Å². The summed E-state index contributed by atoms with van der Waals surface area (Å²) in [7, 11) is 0. The number of amides is 1. The molecular formula is C18H26FNO3. The third kappa shape index (κ3) is 5.29. The summed E-state index contributed by atoms with van der Waals surface area (Å²) in [5, 5.41) is 2.91. The number of benzene rings is 1. The van der Waals surface area contributed by atoms with E-state index in [9.17, 15) is 9.18 Å². The molecule has 1 N–H and O–H groups in total. The highest BCUT2D eigenvalue weighted by Gasteiger charge is 2.24. The van der Waals surface area contributed by atoms with Gasteiger partial charge in [0.2, 0.25) is 5.91 Å². The molecule has 1 amide bonds. The molecule has 128 valence electrons. The minimum atomic E-state index is -0.511. The van der Waals surface area contributed by atoms with E-state index in [4.69, 9.17) is 9.47 Å². The average molecular weight is 323 g/mol. The number of hydrogen-bond donors (Lipinski definition) is 1. The Morgan fingerprint density at radius 3 is 2.74 bits per heavy atom. The molecule has 0 aromatic heterocycles. The number of ether oxygens (including phenoxy) is 2. The molecular weight excluding hydrogens is 297 g/mol. The standard InChI is InChI=1S/C18H26FNO3/c1-13(23-11-16-5-4-10-22-16)17(21)20-12-18(2,3)14-6-8-15(19)9-7-14/h6-9,13,16H,4-5,10-12H2,1-3H3,(H,20,21)/t13-,16-/m1/s1. The van der Waals surface area contributed by atoms with Gasteiger partial charge in [0, 0.05) is 18.6 Å². The lowest BCUT2D eigenvalue weighted by atomic mass is 9.84. The van der Waals surface area contributed by atoms with Crippen molar-refractivity contribution in [2.75, 3.05) is 19.8 Å². The molecule has 0 spiro atoms. The van der Waals surface area contributed by atoms with Crippen LogP contribution in [0.25, 0.3) is 0 Å². The van der Waals surface area contributed by atoms with Crippen molar-refractivity contribution in [1.82, 2.24) is 5.32 Å². The van der Waals surface area contributed by atoms with E-state index in [1.807, 2.05) is 13.8 Å². The summed E-state index contributed by atoms with van der Waals surface area (Å²) in [4.78, 5) is 12.1. The molecule has 0 aliphatic carbocycles. The van der Waals surface area contributed by atoms with Crippen LogP contribution in [0.4, 0.5) is 4.39 Å². The predicted molar refractivity (Wildman–Crippen MR) is 86.8 cm³/mol. The molecule has 5 heteroatoms. The van der Waals surface area contributed by atoms with Gasteiger partial charge in [0.05, 0.1) is 12.7 Å². The number of carbonyl (C=O) groups excluding carboxylic acids is 1. The van der Waals surface area contributed by atoms with Gasteiger partial charge in [-0.1, -0.05) is 26.0 Å². The van der Waals surface area contributed by atoms with E-state index in [0.717, 1.165) is 25.0 Å². The van der Waals surface area contributed by atoms with Gasteiger partial charge in [-0.25, -0.2) is 4.39 Å². The van der Waals surface area contributed by atoms with Gasteiger partial charge in [-0.2, -0.15) is 0 Å². The first kappa shape index (κ1) is 17.9. The molecule has 1 aliphatic heterocycles. The highest BCUT2D eigenvalue weighted by molar-refractivity contribution is 5.80. The van der Waals surface area contributed by atoms with Crippen molar-refractivity contribution in [3.8, 4) is 0 Å². The molecule has 1 saturated heterocycles. The van der Waals surface area contributed by atoms with Crippen molar-refractivity contribution in [1.29, 1.82) is 0 Å². The molecule has 1 heterocycles. The number of carbonyl (C=O) groups is 1. The highest BCUT2D eigenvalue weighted by Crippen LogP contribution is 2.22. The summed E-state index contributed by atoms with van der Waals surface area (Å²) in [5.74, 6) is -0.400. The maximum absolute atomic E-state index is 13.0. The predicted octanol–water partition coefficient (Wildman–Crippen LogP) is 2.80. The summed E-state index contributed by atoms with van der Waals surface area (Å²) in [6, 6.07) is 6.37. The maximum Gasteiger partial charge on any atom is 0.248 e. The fraction of sp³-hybridized carbons (Fsp3) is 0.611. The van der Waals surface area contributed by atoms with Crippen molar-refractivity contribution >= 4 is 5.91 Å². The van der Waals surface area contributed by atoms with Crippen molar-refractivity contribution in [2.24, 2.45) is 0 Å². The van der Waals surface area contributed by atoms with Gasteiger partial charge in [0.25, 0.3) is 0 Å². The lowest BCUT2D eigenvalue weighted by Crippen LogP contribution is -2.42. The number of nitrogens with one attached hydrogen (secondary N) is 1. The summed E-state index contributed by atoms with van der Waals surface area (Å²) in [5.41, 5.74) is 0.699. The Hall–Kier alpha value is -1.46. The molecule has 0 radical (unpaired) electrons. The van der Waals surface area contributed by atoms with E-state index in [1.54, 1.807) is 19.1 Å². The molecule has 0 saturated carbocycles.